The highest BCUT2D eigenvalue weighted by Gasteiger charge is 2.32. The molecule has 2 aliphatic rings. The van der Waals surface area contributed by atoms with Gasteiger partial charge in [0.2, 0.25) is 5.95 Å². The number of anilines is 2. The van der Waals surface area contributed by atoms with Crippen LogP contribution in [-0.2, 0) is 6.18 Å². The van der Waals surface area contributed by atoms with Gasteiger partial charge in [0, 0.05) is 51.7 Å². The van der Waals surface area contributed by atoms with Gasteiger partial charge >= 0.3 is 6.18 Å². The lowest BCUT2D eigenvalue weighted by molar-refractivity contribution is -0.141. The molecule has 0 saturated carbocycles. The summed E-state index contributed by atoms with van der Waals surface area (Å²) in [5.41, 5.74) is -0.844. The van der Waals surface area contributed by atoms with E-state index in [-0.39, 0.29) is 11.5 Å². The third kappa shape index (κ3) is 4.47. The Kier molecular flexibility index (Phi) is 5.74. The molecule has 2 aliphatic heterocycles. The number of carbonyl (C=O) groups is 1. The average Bonchev–Trinajstić information content (AvgIpc) is 2.79. The summed E-state index contributed by atoms with van der Waals surface area (Å²) in [4.78, 5) is 31.0. The molecule has 30 heavy (non-hydrogen) atoms. The molecule has 0 atom stereocenters. The zero-order chi connectivity index (χ0) is 21.1. The molecular weight excluding hydrogens is 397 g/mol. The Balaban J connectivity index is 1.37. The lowest BCUT2D eigenvalue weighted by atomic mass is 10.1. The SMILES string of the molecule is O=C(c1ccc(C(F)(F)F)nc1)N1CCN(c2ccnc(N3CCCCC3)n2)CC1. The first-order valence-corrected chi connectivity index (χ1v) is 10.1. The first kappa shape index (κ1) is 20.4. The number of hydrogen-bond acceptors (Lipinski definition) is 6. The van der Waals surface area contributed by atoms with E-state index < -0.39 is 11.9 Å². The Morgan fingerprint density at radius 2 is 1.60 bits per heavy atom. The zero-order valence-electron chi connectivity index (χ0n) is 16.5. The van der Waals surface area contributed by atoms with Gasteiger partial charge in [0.1, 0.15) is 11.5 Å². The van der Waals surface area contributed by atoms with Gasteiger partial charge in [-0.25, -0.2) is 4.98 Å². The molecular formula is C20H23F3N6O. The van der Waals surface area contributed by atoms with Crippen molar-refractivity contribution in [3.8, 4) is 0 Å². The number of amides is 1. The third-order valence-corrected chi connectivity index (χ3v) is 5.46. The number of rotatable bonds is 3. The minimum absolute atomic E-state index is 0.158. The fourth-order valence-corrected chi connectivity index (χ4v) is 3.77. The summed E-state index contributed by atoms with van der Waals surface area (Å²) in [5, 5.41) is 0. The van der Waals surface area contributed by atoms with E-state index >= 15 is 0 Å². The summed E-state index contributed by atoms with van der Waals surface area (Å²) in [7, 11) is 0. The molecule has 0 spiro atoms. The van der Waals surface area contributed by atoms with Crippen molar-refractivity contribution >= 4 is 17.7 Å². The lowest BCUT2D eigenvalue weighted by Gasteiger charge is -2.36. The van der Waals surface area contributed by atoms with E-state index in [2.05, 4.69) is 19.8 Å². The quantitative estimate of drug-likeness (QED) is 0.761. The molecule has 7 nitrogen and oxygen atoms in total. The van der Waals surface area contributed by atoms with Crippen LogP contribution in [0.1, 0.15) is 35.3 Å². The maximum atomic E-state index is 12.7. The molecule has 0 aromatic carbocycles. The molecule has 2 fully saturated rings. The number of carbonyl (C=O) groups excluding carboxylic acids is 1. The van der Waals surface area contributed by atoms with Gasteiger partial charge in [0.25, 0.3) is 5.91 Å². The summed E-state index contributed by atoms with van der Waals surface area (Å²) in [6.45, 7) is 4.04. The fourth-order valence-electron chi connectivity index (χ4n) is 3.77. The standard InChI is InChI=1S/C20H23F3N6O/c21-20(22,23)16-5-4-15(14-25-16)18(30)28-12-10-27(11-13-28)17-6-7-24-19(26-17)29-8-2-1-3-9-29/h4-7,14H,1-3,8-13H2. The molecule has 0 bridgehead atoms. The van der Waals surface area contributed by atoms with Crippen LogP contribution in [0.25, 0.3) is 0 Å². The number of aromatic nitrogens is 3. The Labute approximate surface area is 172 Å². The third-order valence-electron chi connectivity index (χ3n) is 5.46. The largest absolute Gasteiger partial charge is 0.433 e. The van der Waals surface area contributed by atoms with Crippen LogP contribution < -0.4 is 9.80 Å². The van der Waals surface area contributed by atoms with Crippen LogP contribution in [0.15, 0.2) is 30.6 Å². The minimum atomic E-state index is -4.52. The summed E-state index contributed by atoms with van der Waals surface area (Å²) >= 11 is 0. The Morgan fingerprint density at radius 3 is 2.23 bits per heavy atom. The Hall–Kier alpha value is -2.91. The monoisotopic (exact) mass is 420 g/mol. The highest BCUT2D eigenvalue weighted by atomic mass is 19.4. The van der Waals surface area contributed by atoms with Crippen molar-refractivity contribution in [2.75, 3.05) is 49.1 Å². The number of hydrogen-bond donors (Lipinski definition) is 0. The first-order chi connectivity index (χ1) is 14.4. The smallest absolute Gasteiger partial charge is 0.353 e. The van der Waals surface area contributed by atoms with Crippen molar-refractivity contribution in [3.05, 3.63) is 41.9 Å². The van der Waals surface area contributed by atoms with Gasteiger partial charge in [0.05, 0.1) is 5.56 Å². The highest BCUT2D eigenvalue weighted by Crippen LogP contribution is 2.27. The van der Waals surface area contributed by atoms with Crippen LogP contribution in [0, 0.1) is 0 Å². The number of nitrogens with zero attached hydrogens (tertiary/aromatic N) is 6. The van der Waals surface area contributed by atoms with Crippen molar-refractivity contribution in [3.63, 3.8) is 0 Å². The van der Waals surface area contributed by atoms with Crippen molar-refractivity contribution < 1.29 is 18.0 Å². The molecule has 10 heteroatoms. The van der Waals surface area contributed by atoms with Crippen LogP contribution in [0.4, 0.5) is 24.9 Å². The highest BCUT2D eigenvalue weighted by molar-refractivity contribution is 5.94. The van der Waals surface area contributed by atoms with E-state index in [1.54, 1.807) is 11.1 Å². The molecule has 4 rings (SSSR count). The Bertz CT molecular complexity index is 875. The van der Waals surface area contributed by atoms with Gasteiger partial charge in [-0.05, 0) is 37.5 Å². The first-order valence-electron chi connectivity index (χ1n) is 10.1. The lowest BCUT2D eigenvalue weighted by Crippen LogP contribution is -2.49. The van der Waals surface area contributed by atoms with E-state index in [9.17, 15) is 18.0 Å². The second-order valence-corrected chi connectivity index (χ2v) is 7.47. The molecule has 160 valence electrons. The van der Waals surface area contributed by atoms with Crippen LogP contribution in [0.5, 0.6) is 0 Å². The molecule has 1 amide bonds. The number of pyridine rings is 1. The van der Waals surface area contributed by atoms with E-state index in [0.29, 0.717) is 26.2 Å². The fraction of sp³-hybridized carbons (Fsp3) is 0.500. The number of alkyl halides is 3. The van der Waals surface area contributed by atoms with Gasteiger partial charge < -0.3 is 14.7 Å². The van der Waals surface area contributed by atoms with E-state index in [1.807, 2.05) is 6.07 Å². The molecule has 2 saturated heterocycles. The van der Waals surface area contributed by atoms with Gasteiger partial charge in [-0.3, -0.25) is 9.78 Å². The average molecular weight is 420 g/mol. The van der Waals surface area contributed by atoms with Crippen LogP contribution in [0.3, 0.4) is 0 Å². The summed E-state index contributed by atoms with van der Waals surface area (Å²) in [6.07, 6.45) is 1.77. The summed E-state index contributed by atoms with van der Waals surface area (Å²) < 4.78 is 38.0. The summed E-state index contributed by atoms with van der Waals surface area (Å²) in [5.74, 6) is 1.25. The van der Waals surface area contributed by atoms with Gasteiger partial charge in [-0.2, -0.15) is 18.2 Å². The number of piperazine rings is 1. The number of piperidine rings is 1. The van der Waals surface area contributed by atoms with E-state index in [0.717, 1.165) is 50.0 Å². The zero-order valence-corrected chi connectivity index (χ0v) is 16.5. The molecule has 0 radical (unpaired) electrons. The molecule has 0 unspecified atom stereocenters. The number of halogens is 3. The topological polar surface area (TPSA) is 65.5 Å². The Morgan fingerprint density at radius 1 is 0.867 bits per heavy atom. The summed E-state index contributed by atoms with van der Waals surface area (Å²) in [6, 6.07) is 3.89. The van der Waals surface area contributed by atoms with Crippen molar-refractivity contribution in [1.82, 2.24) is 19.9 Å². The normalized spacial score (nSPS) is 17.9. The van der Waals surface area contributed by atoms with Gasteiger partial charge in [-0.1, -0.05) is 0 Å². The molecule has 2 aromatic heterocycles. The second kappa shape index (κ2) is 8.45. The van der Waals surface area contributed by atoms with Crippen LogP contribution >= 0.6 is 0 Å². The van der Waals surface area contributed by atoms with Crippen LogP contribution in [0.2, 0.25) is 0 Å². The van der Waals surface area contributed by atoms with Gasteiger partial charge in [0.15, 0.2) is 0 Å². The van der Waals surface area contributed by atoms with E-state index in [1.165, 1.54) is 12.5 Å². The van der Waals surface area contributed by atoms with Gasteiger partial charge in [-0.15, -0.1) is 0 Å². The molecule has 0 aliphatic carbocycles. The van der Waals surface area contributed by atoms with Crippen LogP contribution in [-0.4, -0.2) is 65.0 Å². The molecule has 4 heterocycles. The predicted octanol–water partition coefficient (Wildman–Crippen LogP) is 2.84. The van der Waals surface area contributed by atoms with E-state index in [4.69, 9.17) is 4.98 Å². The maximum Gasteiger partial charge on any atom is 0.433 e. The second-order valence-electron chi connectivity index (χ2n) is 7.47. The van der Waals surface area contributed by atoms with Crippen molar-refractivity contribution in [2.45, 2.75) is 25.4 Å². The maximum absolute atomic E-state index is 12.7. The van der Waals surface area contributed by atoms with Crippen molar-refractivity contribution in [2.24, 2.45) is 0 Å². The minimum Gasteiger partial charge on any atom is -0.353 e. The molecule has 0 N–H and O–H groups in total. The van der Waals surface area contributed by atoms with Crippen molar-refractivity contribution in [1.29, 1.82) is 0 Å². The predicted molar refractivity (Wildman–Crippen MR) is 105 cm³/mol. The molecule has 2 aromatic rings.